The standard InChI is InChI=1S/C15H25NO/c1-2-3-4-5-6-10-13-16-17-14-15-11-8-7-9-12-15/h7-9,11-12,16H,2-6,10,13-14H2,1H3. The second-order valence-corrected chi connectivity index (χ2v) is 4.44. The third-order valence-electron chi connectivity index (χ3n) is 2.82. The van der Waals surface area contributed by atoms with E-state index < -0.39 is 0 Å². The van der Waals surface area contributed by atoms with Gasteiger partial charge in [0.15, 0.2) is 0 Å². The van der Waals surface area contributed by atoms with Gasteiger partial charge in [0, 0.05) is 6.54 Å². The fraction of sp³-hybridized carbons (Fsp3) is 0.600. The molecule has 0 aliphatic heterocycles. The first-order valence-electron chi connectivity index (χ1n) is 6.82. The molecule has 0 radical (unpaired) electrons. The summed E-state index contributed by atoms with van der Waals surface area (Å²) in [4.78, 5) is 5.40. The van der Waals surface area contributed by atoms with Gasteiger partial charge in [-0.25, -0.2) is 5.48 Å². The average Bonchev–Trinajstić information content (AvgIpc) is 2.38. The van der Waals surface area contributed by atoms with Gasteiger partial charge in [-0.1, -0.05) is 69.4 Å². The highest BCUT2D eigenvalue weighted by Crippen LogP contribution is 2.04. The van der Waals surface area contributed by atoms with Crippen LogP contribution in [0.5, 0.6) is 0 Å². The van der Waals surface area contributed by atoms with Crippen LogP contribution in [-0.2, 0) is 11.4 Å². The molecule has 0 fully saturated rings. The molecule has 0 aliphatic carbocycles. The molecule has 0 heterocycles. The van der Waals surface area contributed by atoms with Gasteiger partial charge in [-0.2, -0.15) is 0 Å². The molecule has 0 aromatic heterocycles. The van der Waals surface area contributed by atoms with Crippen molar-refractivity contribution in [2.24, 2.45) is 0 Å². The van der Waals surface area contributed by atoms with Crippen molar-refractivity contribution < 1.29 is 4.84 Å². The first-order chi connectivity index (χ1) is 8.43. The van der Waals surface area contributed by atoms with Gasteiger partial charge in [-0.15, -0.1) is 0 Å². The number of benzene rings is 1. The fourth-order valence-electron chi connectivity index (χ4n) is 1.76. The van der Waals surface area contributed by atoms with Crippen LogP contribution < -0.4 is 5.48 Å². The maximum absolute atomic E-state index is 5.40. The van der Waals surface area contributed by atoms with Crippen molar-refractivity contribution in [1.29, 1.82) is 0 Å². The molecule has 1 rings (SSSR count). The highest BCUT2D eigenvalue weighted by molar-refractivity contribution is 5.13. The molecule has 17 heavy (non-hydrogen) atoms. The minimum Gasteiger partial charge on any atom is -0.297 e. The Kier molecular flexibility index (Phi) is 8.61. The summed E-state index contributed by atoms with van der Waals surface area (Å²) in [6.45, 7) is 3.86. The molecule has 1 aromatic carbocycles. The Balaban J connectivity index is 1.85. The largest absolute Gasteiger partial charge is 0.297 e. The Labute approximate surface area is 105 Å². The molecule has 1 N–H and O–H groups in total. The van der Waals surface area contributed by atoms with Gasteiger partial charge in [0.05, 0.1) is 6.61 Å². The van der Waals surface area contributed by atoms with Gasteiger partial charge < -0.3 is 0 Å². The van der Waals surface area contributed by atoms with Crippen molar-refractivity contribution in [1.82, 2.24) is 5.48 Å². The van der Waals surface area contributed by atoms with E-state index in [0.29, 0.717) is 6.61 Å². The van der Waals surface area contributed by atoms with Crippen LogP contribution in [0.15, 0.2) is 30.3 Å². The number of rotatable bonds is 10. The minimum atomic E-state index is 0.649. The van der Waals surface area contributed by atoms with E-state index in [1.165, 1.54) is 44.1 Å². The van der Waals surface area contributed by atoms with E-state index in [2.05, 4.69) is 24.5 Å². The first-order valence-corrected chi connectivity index (χ1v) is 6.82. The highest BCUT2D eigenvalue weighted by atomic mass is 16.6. The topological polar surface area (TPSA) is 21.3 Å². The quantitative estimate of drug-likeness (QED) is 0.487. The molecular weight excluding hydrogens is 210 g/mol. The average molecular weight is 235 g/mol. The van der Waals surface area contributed by atoms with Crippen LogP contribution >= 0.6 is 0 Å². The van der Waals surface area contributed by atoms with Crippen molar-refractivity contribution in [2.75, 3.05) is 6.54 Å². The zero-order chi connectivity index (χ0) is 12.2. The molecule has 0 unspecified atom stereocenters. The lowest BCUT2D eigenvalue weighted by Crippen LogP contribution is -2.15. The molecule has 96 valence electrons. The van der Waals surface area contributed by atoms with Crippen LogP contribution in [0.3, 0.4) is 0 Å². The van der Waals surface area contributed by atoms with E-state index in [9.17, 15) is 0 Å². The van der Waals surface area contributed by atoms with E-state index in [1.54, 1.807) is 0 Å². The molecular formula is C15H25NO. The number of nitrogens with one attached hydrogen (secondary N) is 1. The Hall–Kier alpha value is -0.860. The third kappa shape index (κ3) is 7.94. The predicted octanol–water partition coefficient (Wildman–Crippen LogP) is 4.07. The molecule has 0 saturated carbocycles. The number of hydrogen-bond acceptors (Lipinski definition) is 2. The molecule has 0 amide bonds. The van der Waals surface area contributed by atoms with E-state index in [1.807, 2.05) is 18.2 Å². The normalized spacial score (nSPS) is 10.6. The van der Waals surface area contributed by atoms with E-state index in [4.69, 9.17) is 4.84 Å². The van der Waals surface area contributed by atoms with Crippen LogP contribution in [0.25, 0.3) is 0 Å². The van der Waals surface area contributed by atoms with Gasteiger partial charge >= 0.3 is 0 Å². The highest BCUT2D eigenvalue weighted by Gasteiger charge is 1.92. The molecule has 0 bridgehead atoms. The third-order valence-corrected chi connectivity index (χ3v) is 2.82. The van der Waals surface area contributed by atoms with Crippen LogP contribution in [0.2, 0.25) is 0 Å². The van der Waals surface area contributed by atoms with Crippen LogP contribution in [0.4, 0.5) is 0 Å². The summed E-state index contributed by atoms with van der Waals surface area (Å²) in [6.07, 6.45) is 7.94. The van der Waals surface area contributed by atoms with Crippen molar-refractivity contribution in [2.45, 2.75) is 52.1 Å². The van der Waals surface area contributed by atoms with Crippen LogP contribution in [0, 0.1) is 0 Å². The summed E-state index contributed by atoms with van der Waals surface area (Å²) < 4.78 is 0. The summed E-state index contributed by atoms with van der Waals surface area (Å²) >= 11 is 0. The lowest BCUT2D eigenvalue weighted by Gasteiger charge is -2.05. The Morgan fingerprint density at radius 3 is 2.41 bits per heavy atom. The number of hydroxylamine groups is 1. The Morgan fingerprint density at radius 2 is 1.65 bits per heavy atom. The monoisotopic (exact) mass is 235 g/mol. The summed E-state index contributed by atoms with van der Waals surface area (Å²) in [5, 5.41) is 0. The molecule has 1 aromatic rings. The molecule has 2 heteroatoms. The Bertz CT molecular complexity index is 261. The zero-order valence-electron chi connectivity index (χ0n) is 11.0. The lowest BCUT2D eigenvalue weighted by atomic mass is 10.1. The van der Waals surface area contributed by atoms with Gasteiger partial charge in [-0.3, -0.25) is 4.84 Å². The van der Waals surface area contributed by atoms with Gasteiger partial charge in [0.25, 0.3) is 0 Å². The summed E-state index contributed by atoms with van der Waals surface area (Å²) in [7, 11) is 0. The van der Waals surface area contributed by atoms with E-state index in [-0.39, 0.29) is 0 Å². The van der Waals surface area contributed by atoms with Gasteiger partial charge in [-0.05, 0) is 12.0 Å². The van der Waals surface area contributed by atoms with Crippen LogP contribution in [-0.4, -0.2) is 6.54 Å². The summed E-state index contributed by atoms with van der Waals surface area (Å²) in [5.41, 5.74) is 4.24. The second kappa shape index (κ2) is 10.3. The lowest BCUT2D eigenvalue weighted by molar-refractivity contribution is 0.0272. The summed E-state index contributed by atoms with van der Waals surface area (Å²) in [6, 6.07) is 10.2. The minimum absolute atomic E-state index is 0.649. The van der Waals surface area contributed by atoms with E-state index >= 15 is 0 Å². The predicted molar refractivity (Wildman–Crippen MR) is 72.6 cm³/mol. The van der Waals surface area contributed by atoms with Crippen LogP contribution in [0.1, 0.15) is 51.0 Å². The Morgan fingerprint density at radius 1 is 0.941 bits per heavy atom. The maximum Gasteiger partial charge on any atom is 0.0933 e. The smallest absolute Gasteiger partial charge is 0.0933 e. The van der Waals surface area contributed by atoms with Gasteiger partial charge in [0.1, 0.15) is 0 Å². The molecule has 0 saturated heterocycles. The number of unbranched alkanes of at least 4 members (excludes halogenated alkanes) is 5. The van der Waals surface area contributed by atoms with E-state index in [0.717, 1.165) is 6.54 Å². The van der Waals surface area contributed by atoms with Crippen molar-refractivity contribution in [3.05, 3.63) is 35.9 Å². The fourth-order valence-corrected chi connectivity index (χ4v) is 1.76. The SMILES string of the molecule is CCCCCCCCNOCc1ccccc1. The van der Waals surface area contributed by atoms with Gasteiger partial charge in [0.2, 0.25) is 0 Å². The first kappa shape index (κ1) is 14.2. The second-order valence-electron chi connectivity index (χ2n) is 4.44. The molecule has 0 aliphatic rings. The molecule has 0 atom stereocenters. The zero-order valence-corrected chi connectivity index (χ0v) is 11.0. The number of hydrogen-bond donors (Lipinski definition) is 1. The molecule has 0 spiro atoms. The van der Waals surface area contributed by atoms with Crippen molar-refractivity contribution in [3.8, 4) is 0 Å². The maximum atomic E-state index is 5.40. The molecule has 2 nitrogen and oxygen atoms in total. The summed E-state index contributed by atoms with van der Waals surface area (Å²) in [5.74, 6) is 0. The van der Waals surface area contributed by atoms with Crippen molar-refractivity contribution in [3.63, 3.8) is 0 Å². The van der Waals surface area contributed by atoms with Crippen molar-refractivity contribution >= 4 is 0 Å².